The van der Waals surface area contributed by atoms with Crippen LogP contribution in [-0.4, -0.2) is 35.5 Å². The lowest BCUT2D eigenvalue weighted by molar-refractivity contribution is 0.343. The Kier molecular flexibility index (Phi) is 3.05. The summed E-state index contributed by atoms with van der Waals surface area (Å²) in [5.74, 6) is 0. The second kappa shape index (κ2) is 4.69. The van der Waals surface area contributed by atoms with Crippen LogP contribution in [0.4, 0.5) is 5.69 Å². The van der Waals surface area contributed by atoms with Crippen molar-refractivity contribution in [1.29, 1.82) is 0 Å². The van der Waals surface area contributed by atoms with Crippen molar-refractivity contribution in [2.45, 2.75) is 44.7 Å². The topological polar surface area (TPSA) is 33.1 Å². The minimum absolute atomic E-state index is 0.600. The molecule has 0 aromatic carbocycles. The molecule has 0 bridgehead atoms. The van der Waals surface area contributed by atoms with Crippen molar-refractivity contribution in [3.05, 3.63) is 12.4 Å². The Labute approximate surface area is 103 Å². The van der Waals surface area contributed by atoms with Gasteiger partial charge in [0, 0.05) is 18.8 Å². The van der Waals surface area contributed by atoms with E-state index in [1.807, 2.05) is 6.20 Å². The average molecular weight is 234 g/mol. The van der Waals surface area contributed by atoms with Gasteiger partial charge in [-0.15, -0.1) is 0 Å². The molecule has 2 aliphatic heterocycles. The van der Waals surface area contributed by atoms with Gasteiger partial charge >= 0.3 is 0 Å². The van der Waals surface area contributed by atoms with E-state index in [0.29, 0.717) is 12.1 Å². The Morgan fingerprint density at radius 2 is 2.12 bits per heavy atom. The first-order valence-corrected chi connectivity index (χ1v) is 6.86. The van der Waals surface area contributed by atoms with Gasteiger partial charge in [-0.2, -0.15) is 5.10 Å². The van der Waals surface area contributed by atoms with E-state index in [4.69, 9.17) is 0 Å². The zero-order chi connectivity index (χ0) is 11.7. The lowest BCUT2D eigenvalue weighted by Crippen LogP contribution is -2.29. The minimum atomic E-state index is 0.600. The number of nitrogens with zero attached hydrogens (tertiary/aromatic N) is 3. The third kappa shape index (κ3) is 2.18. The van der Waals surface area contributed by atoms with Gasteiger partial charge in [-0.05, 0) is 45.7 Å². The molecule has 2 saturated heterocycles. The Hall–Kier alpha value is -1.03. The summed E-state index contributed by atoms with van der Waals surface area (Å²) in [6.45, 7) is 5.76. The molecule has 1 N–H and O–H groups in total. The minimum Gasteiger partial charge on any atom is -0.366 e. The summed E-state index contributed by atoms with van der Waals surface area (Å²) >= 11 is 0. The lowest BCUT2D eigenvalue weighted by atomic mass is 10.1. The maximum absolute atomic E-state index is 4.57. The van der Waals surface area contributed by atoms with Gasteiger partial charge in [0.05, 0.1) is 17.9 Å². The van der Waals surface area contributed by atoms with Crippen molar-refractivity contribution in [2.75, 3.05) is 24.5 Å². The molecular formula is C13H22N4. The first-order valence-electron chi connectivity index (χ1n) is 6.86. The Bertz CT molecular complexity index is 367. The highest BCUT2D eigenvalue weighted by Crippen LogP contribution is 2.26. The molecule has 3 heterocycles. The van der Waals surface area contributed by atoms with Crippen LogP contribution in [0.1, 0.15) is 38.6 Å². The van der Waals surface area contributed by atoms with Crippen molar-refractivity contribution in [1.82, 2.24) is 15.1 Å². The number of hydrogen-bond donors (Lipinski definition) is 1. The van der Waals surface area contributed by atoms with Gasteiger partial charge in [-0.25, -0.2) is 0 Å². The zero-order valence-electron chi connectivity index (χ0n) is 10.6. The van der Waals surface area contributed by atoms with Gasteiger partial charge in [0.15, 0.2) is 0 Å². The number of rotatable bonds is 2. The summed E-state index contributed by atoms with van der Waals surface area (Å²) in [5, 5.41) is 7.97. The molecule has 0 saturated carbocycles. The average Bonchev–Trinajstić information content (AvgIpc) is 2.98. The number of aromatic nitrogens is 2. The standard InChI is InChI=1S/C13H22N4/c1-11-3-2-8-16(11)13-9-15-17(10-13)12-4-6-14-7-5-12/h9-12,14H,2-8H2,1H3. The highest BCUT2D eigenvalue weighted by molar-refractivity contribution is 5.44. The molecule has 0 spiro atoms. The van der Waals surface area contributed by atoms with E-state index >= 15 is 0 Å². The molecule has 4 nitrogen and oxygen atoms in total. The Balaban J connectivity index is 1.73. The molecule has 2 fully saturated rings. The van der Waals surface area contributed by atoms with Gasteiger partial charge in [-0.3, -0.25) is 4.68 Å². The quantitative estimate of drug-likeness (QED) is 0.847. The van der Waals surface area contributed by atoms with Crippen LogP contribution in [0, 0.1) is 0 Å². The highest BCUT2D eigenvalue weighted by Gasteiger charge is 2.23. The van der Waals surface area contributed by atoms with E-state index in [0.717, 1.165) is 13.1 Å². The zero-order valence-corrected chi connectivity index (χ0v) is 10.6. The third-order valence-corrected chi connectivity index (χ3v) is 4.16. The third-order valence-electron chi connectivity index (χ3n) is 4.16. The fourth-order valence-corrected chi connectivity index (χ4v) is 3.06. The lowest BCUT2D eigenvalue weighted by Gasteiger charge is -2.24. The summed E-state index contributed by atoms with van der Waals surface area (Å²) < 4.78 is 2.18. The van der Waals surface area contributed by atoms with Crippen LogP contribution in [0.15, 0.2) is 12.4 Å². The number of hydrogen-bond acceptors (Lipinski definition) is 3. The number of anilines is 1. The maximum atomic E-state index is 4.57. The molecule has 0 aliphatic carbocycles. The largest absolute Gasteiger partial charge is 0.366 e. The molecule has 1 atom stereocenters. The normalized spacial score (nSPS) is 26.6. The molecule has 94 valence electrons. The van der Waals surface area contributed by atoms with Crippen LogP contribution in [0.2, 0.25) is 0 Å². The molecule has 3 rings (SSSR count). The second-order valence-corrected chi connectivity index (χ2v) is 5.34. The molecular weight excluding hydrogens is 212 g/mol. The van der Waals surface area contributed by atoms with Crippen molar-refractivity contribution in [3.8, 4) is 0 Å². The van der Waals surface area contributed by atoms with Crippen LogP contribution in [0.25, 0.3) is 0 Å². The molecule has 17 heavy (non-hydrogen) atoms. The van der Waals surface area contributed by atoms with E-state index in [-0.39, 0.29) is 0 Å². The van der Waals surface area contributed by atoms with Gasteiger partial charge in [-0.1, -0.05) is 0 Å². The summed E-state index contributed by atoms with van der Waals surface area (Å²) in [6, 6.07) is 1.28. The summed E-state index contributed by atoms with van der Waals surface area (Å²) in [4.78, 5) is 2.49. The SMILES string of the molecule is CC1CCCN1c1cnn(C2CCNCC2)c1. The van der Waals surface area contributed by atoms with Crippen molar-refractivity contribution in [2.24, 2.45) is 0 Å². The molecule has 0 radical (unpaired) electrons. The summed E-state index contributed by atoms with van der Waals surface area (Å²) in [6.07, 6.45) is 9.34. The molecule has 4 heteroatoms. The molecule has 0 amide bonds. The van der Waals surface area contributed by atoms with E-state index < -0.39 is 0 Å². The van der Waals surface area contributed by atoms with Gasteiger partial charge in [0.2, 0.25) is 0 Å². The summed E-state index contributed by atoms with van der Waals surface area (Å²) in [5.41, 5.74) is 1.31. The molecule has 2 aliphatic rings. The van der Waals surface area contributed by atoms with Crippen LogP contribution in [0.5, 0.6) is 0 Å². The van der Waals surface area contributed by atoms with Crippen LogP contribution in [0.3, 0.4) is 0 Å². The maximum Gasteiger partial charge on any atom is 0.0755 e. The number of nitrogens with one attached hydrogen (secondary N) is 1. The Morgan fingerprint density at radius 1 is 1.29 bits per heavy atom. The first kappa shape index (κ1) is 11.1. The molecule has 1 unspecified atom stereocenters. The van der Waals surface area contributed by atoms with Gasteiger partial charge in [0.25, 0.3) is 0 Å². The van der Waals surface area contributed by atoms with E-state index in [9.17, 15) is 0 Å². The first-order chi connectivity index (χ1) is 8.34. The van der Waals surface area contributed by atoms with Crippen molar-refractivity contribution >= 4 is 5.69 Å². The fraction of sp³-hybridized carbons (Fsp3) is 0.769. The van der Waals surface area contributed by atoms with Gasteiger partial charge < -0.3 is 10.2 Å². The highest BCUT2D eigenvalue weighted by atomic mass is 15.3. The van der Waals surface area contributed by atoms with E-state index in [2.05, 4.69) is 33.1 Å². The van der Waals surface area contributed by atoms with E-state index in [1.54, 1.807) is 0 Å². The van der Waals surface area contributed by atoms with Crippen LogP contribution in [-0.2, 0) is 0 Å². The summed E-state index contributed by atoms with van der Waals surface area (Å²) in [7, 11) is 0. The number of piperidine rings is 1. The molecule has 1 aromatic heterocycles. The van der Waals surface area contributed by atoms with Gasteiger partial charge in [0.1, 0.15) is 0 Å². The predicted octanol–water partition coefficient (Wildman–Crippen LogP) is 1.80. The Morgan fingerprint density at radius 3 is 2.82 bits per heavy atom. The van der Waals surface area contributed by atoms with Crippen LogP contribution >= 0.6 is 0 Å². The van der Waals surface area contributed by atoms with Crippen molar-refractivity contribution < 1.29 is 0 Å². The van der Waals surface area contributed by atoms with E-state index in [1.165, 1.54) is 37.9 Å². The monoisotopic (exact) mass is 234 g/mol. The smallest absolute Gasteiger partial charge is 0.0755 e. The van der Waals surface area contributed by atoms with Crippen molar-refractivity contribution in [3.63, 3.8) is 0 Å². The molecule has 1 aromatic rings. The predicted molar refractivity (Wildman–Crippen MR) is 69.4 cm³/mol. The second-order valence-electron chi connectivity index (χ2n) is 5.34. The van der Waals surface area contributed by atoms with Crippen LogP contribution < -0.4 is 10.2 Å². The fourth-order valence-electron chi connectivity index (χ4n) is 3.06.